The van der Waals surface area contributed by atoms with E-state index in [1.807, 2.05) is 0 Å². The first-order valence-corrected chi connectivity index (χ1v) is 0. The fourth-order valence-corrected chi connectivity index (χ4v) is 0. The van der Waals surface area contributed by atoms with Gasteiger partial charge in [0.1, 0.15) is 0 Å². The van der Waals surface area contributed by atoms with Crippen molar-refractivity contribution in [2.24, 2.45) is 0 Å². The molecule has 0 aliphatic rings. The molecule has 4 heavy (non-hydrogen) atoms. The average Bonchev–Trinajstić information content (AvgIpc) is 0. The normalized spacial score (nSPS) is 0. The van der Waals surface area contributed by atoms with Crippen molar-refractivity contribution < 1.29 is 79.5 Å². The van der Waals surface area contributed by atoms with Crippen LogP contribution in [0.2, 0.25) is 0 Å². The second kappa shape index (κ2) is 18.0. The van der Waals surface area contributed by atoms with E-state index in [9.17, 15) is 0 Å². The van der Waals surface area contributed by atoms with E-state index in [0.717, 1.165) is 0 Å². The van der Waals surface area contributed by atoms with E-state index in [1.165, 1.54) is 0 Å². The van der Waals surface area contributed by atoms with E-state index >= 15 is 0 Å². The smallest absolute Gasteiger partial charge is 2.00 e. The molecule has 0 unspecified atom stereocenters. The molecule has 0 amide bonds. The Hall–Kier alpha value is 2.44. The zero-order valence-electron chi connectivity index (χ0n) is 1.86. The number of rotatable bonds is 0. The van der Waals surface area contributed by atoms with Crippen LogP contribution in [-0.2, 0) is 79.5 Å². The summed E-state index contributed by atoms with van der Waals surface area (Å²) in [6.07, 6.45) is 0. The molecule has 0 bridgehead atoms. The quantitative estimate of drug-likeness (QED) is 0.374. The molecule has 0 fully saturated rings. The van der Waals surface area contributed by atoms with Crippen LogP contribution in [0.5, 0.6) is 0 Å². The van der Waals surface area contributed by atoms with E-state index < -0.39 is 0 Å². The van der Waals surface area contributed by atoms with E-state index in [2.05, 4.69) is 0 Å². The Morgan fingerprint density at radius 2 is 0.750 bits per heavy atom. The van der Waals surface area contributed by atoms with Crippen LogP contribution in [0.4, 0.5) is 0 Å². The van der Waals surface area contributed by atoms with E-state index in [0.29, 0.717) is 0 Å². The van der Waals surface area contributed by atoms with Gasteiger partial charge in [0.15, 0.2) is 0 Å². The van der Waals surface area contributed by atoms with Crippen molar-refractivity contribution in [3.63, 3.8) is 0 Å². The first-order chi connectivity index (χ1) is 0. The van der Waals surface area contributed by atoms with Crippen molar-refractivity contribution in [1.82, 2.24) is 0 Å². The Morgan fingerprint density at radius 3 is 0.750 bits per heavy atom. The van der Waals surface area contributed by atoms with Gasteiger partial charge < -0.3 is 5.48 Å². The minimum Gasteiger partial charge on any atom is -2.00 e. The van der Waals surface area contributed by atoms with Crippen molar-refractivity contribution >= 4 is 0 Å². The van der Waals surface area contributed by atoms with Crippen LogP contribution in [0.3, 0.4) is 0 Å². The van der Waals surface area contributed by atoms with Crippen LogP contribution in [0.15, 0.2) is 0 Å². The van der Waals surface area contributed by atoms with Crippen LogP contribution in [0, 0.1) is 0 Å². The molecular formula is Hf2OTa+11. The molecule has 0 heterocycles. The molecule has 0 N–H and O–H groups in total. The Balaban J connectivity index is 0. The third-order valence-corrected chi connectivity index (χ3v) is 0. The Morgan fingerprint density at radius 1 is 0.750 bits per heavy atom. The maximum absolute atomic E-state index is 0. The van der Waals surface area contributed by atoms with Gasteiger partial charge in [0, 0.05) is 0 Å². The Kier molecular flexibility index (Phi) is 144. The molecule has 0 aliphatic heterocycles. The molecule has 0 atom stereocenters. The summed E-state index contributed by atoms with van der Waals surface area (Å²) in [5, 5.41) is 0. The van der Waals surface area contributed by atoms with Crippen molar-refractivity contribution in [2.45, 2.75) is 0 Å². The van der Waals surface area contributed by atoms with Crippen LogP contribution in [-0.4, -0.2) is 0 Å². The molecular weight excluding hydrogens is 554 g/mol. The van der Waals surface area contributed by atoms with Gasteiger partial charge >= 0.3 is 74.1 Å². The Labute approximate surface area is 78.3 Å². The molecule has 0 spiro atoms. The van der Waals surface area contributed by atoms with Gasteiger partial charge in [0.25, 0.3) is 0 Å². The SMILES string of the molecule is [Hf+4].[Hf+4].[O-2].[Ta+5]. The van der Waals surface area contributed by atoms with Gasteiger partial charge in [-0.05, 0) is 0 Å². The summed E-state index contributed by atoms with van der Waals surface area (Å²) in [6.45, 7) is 0. The first kappa shape index (κ1) is 32.0. The largest absolute Gasteiger partial charge is 5.00 e. The van der Waals surface area contributed by atoms with Crippen molar-refractivity contribution in [3.05, 3.63) is 0 Å². The predicted octanol–water partition coefficient (Wildman–Crippen LogP) is -0.126. The predicted molar refractivity (Wildman–Crippen MR) is 0.686 cm³/mol. The van der Waals surface area contributed by atoms with Gasteiger partial charge in [0.2, 0.25) is 0 Å². The van der Waals surface area contributed by atoms with E-state index in [4.69, 9.17) is 0 Å². The minimum absolute atomic E-state index is 0. The molecule has 0 aromatic carbocycles. The number of hydrogen-bond acceptors (Lipinski definition) is 0. The van der Waals surface area contributed by atoms with E-state index in [-0.39, 0.29) is 79.5 Å². The summed E-state index contributed by atoms with van der Waals surface area (Å²) in [5.74, 6) is 0. The van der Waals surface area contributed by atoms with Crippen molar-refractivity contribution in [2.75, 3.05) is 0 Å². The molecule has 8 valence electrons. The van der Waals surface area contributed by atoms with Gasteiger partial charge in [-0.2, -0.15) is 0 Å². The first-order valence-electron chi connectivity index (χ1n) is 0. The summed E-state index contributed by atoms with van der Waals surface area (Å²) in [7, 11) is 0. The van der Waals surface area contributed by atoms with Gasteiger partial charge in [-0.3, -0.25) is 0 Å². The fraction of sp³-hybridized carbons (Fsp3) is 0. The van der Waals surface area contributed by atoms with Gasteiger partial charge in [-0.15, -0.1) is 0 Å². The summed E-state index contributed by atoms with van der Waals surface area (Å²) >= 11 is 0. The zero-order chi connectivity index (χ0) is 0. The van der Waals surface area contributed by atoms with Gasteiger partial charge in [0.05, 0.1) is 0 Å². The molecule has 1 nitrogen and oxygen atoms in total. The molecule has 0 saturated heterocycles. The number of hydrogen-bond donors (Lipinski definition) is 0. The van der Waals surface area contributed by atoms with Crippen LogP contribution < -0.4 is 0 Å². The van der Waals surface area contributed by atoms with Gasteiger partial charge in [-0.1, -0.05) is 0 Å². The Bertz CT molecular complexity index is 6.00. The van der Waals surface area contributed by atoms with E-state index in [1.54, 1.807) is 0 Å². The molecule has 0 radical (unpaired) electrons. The van der Waals surface area contributed by atoms with Crippen LogP contribution in [0.1, 0.15) is 0 Å². The van der Waals surface area contributed by atoms with Gasteiger partial charge in [-0.25, -0.2) is 0 Å². The summed E-state index contributed by atoms with van der Waals surface area (Å²) in [4.78, 5) is 0. The molecule has 0 aromatic rings. The topological polar surface area (TPSA) is 28.5 Å². The molecule has 0 saturated carbocycles. The third kappa shape index (κ3) is 8.83. The maximum atomic E-state index is 0. The summed E-state index contributed by atoms with van der Waals surface area (Å²) in [5.41, 5.74) is 0. The standard InChI is InChI=1S/2Hf.O.Ta/q2*+4;-2;+5. The second-order valence-electron chi connectivity index (χ2n) is 0. The van der Waals surface area contributed by atoms with Crippen molar-refractivity contribution in [1.29, 1.82) is 0 Å². The molecule has 0 rings (SSSR count). The van der Waals surface area contributed by atoms with Crippen LogP contribution in [0.25, 0.3) is 0 Å². The van der Waals surface area contributed by atoms with Crippen LogP contribution >= 0.6 is 0 Å². The molecule has 0 aliphatic carbocycles. The maximum Gasteiger partial charge on any atom is 5.00 e. The monoisotopic (exact) mass is 557 g/mol. The molecule has 4 heteroatoms. The van der Waals surface area contributed by atoms with Crippen molar-refractivity contribution in [3.8, 4) is 0 Å². The zero-order valence-corrected chi connectivity index (χ0v) is 12.3. The minimum atomic E-state index is 0. The second-order valence-corrected chi connectivity index (χ2v) is 0. The summed E-state index contributed by atoms with van der Waals surface area (Å²) < 4.78 is 0. The fourth-order valence-electron chi connectivity index (χ4n) is 0. The summed E-state index contributed by atoms with van der Waals surface area (Å²) in [6, 6.07) is 0. The third-order valence-electron chi connectivity index (χ3n) is 0. The molecule has 0 aromatic heterocycles. The average molecular weight is 554 g/mol.